The van der Waals surface area contributed by atoms with Gasteiger partial charge >= 0.3 is 0 Å². The zero-order chi connectivity index (χ0) is 13.9. The van der Waals surface area contributed by atoms with Crippen molar-refractivity contribution in [2.24, 2.45) is 0 Å². The molecular weight excluding hydrogens is 323 g/mol. The van der Waals surface area contributed by atoms with Gasteiger partial charge in [0.2, 0.25) is 0 Å². The minimum Gasteiger partial charge on any atom is -0.487 e. The summed E-state index contributed by atoms with van der Waals surface area (Å²) in [5.74, 6) is 0.195. The number of ether oxygens (including phenoxy) is 1. The number of hydrogen-bond acceptors (Lipinski definition) is 2. The van der Waals surface area contributed by atoms with Crippen molar-refractivity contribution in [3.8, 4) is 5.75 Å². The molecule has 0 N–H and O–H groups in total. The summed E-state index contributed by atoms with van der Waals surface area (Å²) in [5.41, 5.74) is 0.875. The Bertz CT molecular complexity index is 593. The van der Waals surface area contributed by atoms with Gasteiger partial charge in [-0.3, -0.25) is 4.68 Å². The zero-order valence-corrected chi connectivity index (χ0v) is 12.6. The quantitative estimate of drug-likeness (QED) is 0.821. The molecule has 0 atom stereocenters. The topological polar surface area (TPSA) is 27.1 Å². The van der Waals surface area contributed by atoms with Crippen molar-refractivity contribution in [2.75, 3.05) is 0 Å². The summed E-state index contributed by atoms with van der Waals surface area (Å²) in [6.45, 7) is 0.362. The lowest BCUT2D eigenvalue weighted by molar-refractivity contribution is 0.296. The van der Waals surface area contributed by atoms with Gasteiger partial charge in [0, 0.05) is 12.3 Å². The molecule has 3 nitrogen and oxygen atoms in total. The van der Waals surface area contributed by atoms with Crippen molar-refractivity contribution < 1.29 is 9.13 Å². The smallest absolute Gasteiger partial charge is 0.141 e. The molecular formula is C15H16BrFN2O. The predicted octanol–water partition coefficient (Wildman–Crippen LogP) is 4.48. The van der Waals surface area contributed by atoms with Gasteiger partial charge < -0.3 is 4.74 Å². The standard InChI is InChI=1S/C15H16BrFN2O/c16-14-6-5-13(9-15(14)17)20-10-11-7-8-19(18-11)12-3-1-2-4-12/h5-9,12H,1-4,10H2. The van der Waals surface area contributed by atoms with Crippen molar-refractivity contribution in [1.82, 2.24) is 9.78 Å². The van der Waals surface area contributed by atoms with Crippen molar-refractivity contribution in [3.05, 3.63) is 46.4 Å². The van der Waals surface area contributed by atoms with Gasteiger partial charge in [0.15, 0.2) is 0 Å². The molecule has 1 saturated carbocycles. The molecule has 0 bridgehead atoms. The highest BCUT2D eigenvalue weighted by Gasteiger charge is 2.17. The summed E-state index contributed by atoms with van der Waals surface area (Å²) < 4.78 is 21.4. The first-order valence-corrected chi connectivity index (χ1v) is 7.63. The number of aromatic nitrogens is 2. The Balaban J connectivity index is 1.61. The second-order valence-corrected chi connectivity index (χ2v) is 5.94. The molecule has 0 unspecified atom stereocenters. The predicted molar refractivity (Wildman–Crippen MR) is 78.2 cm³/mol. The molecule has 0 aliphatic heterocycles. The first-order valence-electron chi connectivity index (χ1n) is 6.84. The fraction of sp³-hybridized carbons (Fsp3) is 0.400. The Morgan fingerprint density at radius 2 is 2.10 bits per heavy atom. The van der Waals surface area contributed by atoms with Crippen molar-refractivity contribution in [1.29, 1.82) is 0 Å². The highest BCUT2D eigenvalue weighted by atomic mass is 79.9. The minimum absolute atomic E-state index is 0.320. The number of halogens is 2. The molecule has 20 heavy (non-hydrogen) atoms. The second kappa shape index (κ2) is 5.95. The Morgan fingerprint density at radius 1 is 1.30 bits per heavy atom. The Labute approximate surface area is 125 Å². The van der Waals surface area contributed by atoms with E-state index < -0.39 is 0 Å². The molecule has 1 heterocycles. The van der Waals surface area contributed by atoms with Gasteiger partial charge in [0.1, 0.15) is 18.2 Å². The van der Waals surface area contributed by atoms with Crippen LogP contribution < -0.4 is 4.74 Å². The molecule has 1 aromatic carbocycles. The van der Waals surface area contributed by atoms with E-state index in [0.29, 0.717) is 22.9 Å². The number of benzene rings is 1. The van der Waals surface area contributed by atoms with E-state index in [2.05, 4.69) is 21.0 Å². The van der Waals surface area contributed by atoms with E-state index in [1.165, 1.54) is 31.7 Å². The van der Waals surface area contributed by atoms with E-state index in [0.717, 1.165) is 5.69 Å². The molecule has 2 aromatic rings. The maximum absolute atomic E-state index is 13.4. The van der Waals surface area contributed by atoms with Crippen LogP contribution in [-0.4, -0.2) is 9.78 Å². The lowest BCUT2D eigenvalue weighted by atomic mass is 10.3. The molecule has 0 saturated heterocycles. The van der Waals surface area contributed by atoms with Crippen LogP contribution in [0.25, 0.3) is 0 Å². The lowest BCUT2D eigenvalue weighted by Crippen LogP contribution is -2.06. The van der Waals surface area contributed by atoms with Crippen LogP contribution in [0.2, 0.25) is 0 Å². The van der Waals surface area contributed by atoms with Gasteiger partial charge in [0.25, 0.3) is 0 Å². The fourth-order valence-corrected chi connectivity index (χ4v) is 2.80. The van der Waals surface area contributed by atoms with Crippen LogP contribution in [0.5, 0.6) is 5.75 Å². The summed E-state index contributed by atoms with van der Waals surface area (Å²) in [6, 6.07) is 7.25. The molecule has 3 rings (SSSR count). The molecule has 1 fully saturated rings. The van der Waals surface area contributed by atoms with Crippen LogP contribution >= 0.6 is 15.9 Å². The third-order valence-electron chi connectivity index (χ3n) is 3.64. The van der Waals surface area contributed by atoms with Crippen LogP contribution in [0.1, 0.15) is 37.4 Å². The first-order chi connectivity index (χ1) is 9.72. The Kier molecular flexibility index (Phi) is 4.05. The SMILES string of the molecule is Fc1cc(OCc2ccn(C3CCCC3)n2)ccc1Br. The molecule has 0 amide bonds. The van der Waals surface area contributed by atoms with Gasteiger partial charge in [0.05, 0.1) is 16.2 Å². The zero-order valence-electron chi connectivity index (χ0n) is 11.1. The Morgan fingerprint density at radius 3 is 2.85 bits per heavy atom. The monoisotopic (exact) mass is 338 g/mol. The average Bonchev–Trinajstić information content (AvgIpc) is 3.09. The first kappa shape index (κ1) is 13.6. The van der Waals surface area contributed by atoms with Gasteiger partial charge in [-0.1, -0.05) is 12.8 Å². The van der Waals surface area contributed by atoms with Gasteiger partial charge in [-0.2, -0.15) is 5.10 Å². The van der Waals surface area contributed by atoms with E-state index in [1.54, 1.807) is 12.1 Å². The number of nitrogens with zero attached hydrogens (tertiary/aromatic N) is 2. The number of rotatable bonds is 4. The van der Waals surface area contributed by atoms with E-state index in [-0.39, 0.29) is 5.82 Å². The summed E-state index contributed by atoms with van der Waals surface area (Å²) in [4.78, 5) is 0. The molecule has 0 spiro atoms. The average molecular weight is 339 g/mol. The maximum Gasteiger partial charge on any atom is 0.141 e. The van der Waals surface area contributed by atoms with Crippen LogP contribution in [0.4, 0.5) is 4.39 Å². The van der Waals surface area contributed by atoms with E-state index in [4.69, 9.17) is 4.74 Å². The molecule has 1 aromatic heterocycles. The third-order valence-corrected chi connectivity index (χ3v) is 4.28. The number of hydrogen-bond donors (Lipinski definition) is 0. The molecule has 1 aliphatic rings. The highest BCUT2D eigenvalue weighted by Crippen LogP contribution is 2.28. The van der Waals surface area contributed by atoms with Gasteiger partial charge in [-0.15, -0.1) is 0 Å². The van der Waals surface area contributed by atoms with Crippen LogP contribution in [0.15, 0.2) is 34.9 Å². The van der Waals surface area contributed by atoms with E-state index in [1.807, 2.05) is 16.9 Å². The molecule has 106 valence electrons. The van der Waals surface area contributed by atoms with Crippen molar-refractivity contribution in [2.45, 2.75) is 38.3 Å². The minimum atomic E-state index is -0.320. The van der Waals surface area contributed by atoms with Crippen LogP contribution in [0.3, 0.4) is 0 Å². The molecule has 5 heteroatoms. The van der Waals surface area contributed by atoms with Crippen molar-refractivity contribution in [3.63, 3.8) is 0 Å². The highest BCUT2D eigenvalue weighted by molar-refractivity contribution is 9.10. The third kappa shape index (κ3) is 3.03. The summed E-state index contributed by atoms with van der Waals surface area (Å²) in [7, 11) is 0. The van der Waals surface area contributed by atoms with Crippen molar-refractivity contribution >= 4 is 15.9 Å². The molecule has 1 aliphatic carbocycles. The summed E-state index contributed by atoms with van der Waals surface area (Å²) >= 11 is 3.12. The van der Waals surface area contributed by atoms with Crippen LogP contribution in [0, 0.1) is 5.82 Å². The maximum atomic E-state index is 13.4. The normalized spacial score (nSPS) is 15.7. The lowest BCUT2D eigenvalue weighted by Gasteiger charge is -2.09. The molecule has 0 radical (unpaired) electrons. The summed E-state index contributed by atoms with van der Waals surface area (Å²) in [6.07, 6.45) is 7.00. The second-order valence-electron chi connectivity index (χ2n) is 5.09. The Hall–Kier alpha value is -1.36. The van der Waals surface area contributed by atoms with Crippen LogP contribution in [-0.2, 0) is 6.61 Å². The van der Waals surface area contributed by atoms with E-state index >= 15 is 0 Å². The van der Waals surface area contributed by atoms with Gasteiger partial charge in [-0.25, -0.2) is 4.39 Å². The summed E-state index contributed by atoms with van der Waals surface area (Å²) in [5, 5.41) is 4.54. The largest absolute Gasteiger partial charge is 0.487 e. The van der Waals surface area contributed by atoms with Gasteiger partial charge in [-0.05, 0) is 47.0 Å². The van der Waals surface area contributed by atoms with E-state index in [9.17, 15) is 4.39 Å². The fourth-order valence-electron chi connectivity index (χ4n) is 2.55.